The third-order valence-electron chi connectivity index (χ3n) is 5.88. The van der Waals surface area contributed by atoms with Crippen molar-refractivity contribution in [2.24, 2.45) is 0 Å². The minimum atomic E-state index is -3.65. The van der Waals surface area contributed by atoms with Crippen LogP contribution in [0.5, 0.6) is 5.75 Å². The number of amides is 1. The quantitative estimate of drug-likeness (QED) is 0.319. The van der Waals surface area contributed by atoms with Crippen molar-refractivity contribution in [3.05, 3.63) is 65.2 Å². The Kier molecular flexibility index (Phi) is 7.99. The first kappa shape index (κ1) is 26.4. The van der Waals surface area contributed by atoms with Gasteiger partial charge in [0.25, 0.3) is 11.7 Å². The first-order valence-corrected chi connectivity index (χ1v) is 12.5. The van der Waals surface area contributed by atoms with Gasteiger partial charge in [-0.05, 0) is 69.0 Å². The van der Waals surface area contributed by atoms with Crippen molar-refractivity contribution in [3.8, 4) is 5.75 Å². The molecule has 2 aromatic rings. The average molecular weight is 502 g/mol. The van der Waals surface area contributed by atoms with Crippen LogP contribution < -0.4 is 4.74 Å². The molecule has 1 saturated heterocycles. The van der Waals surface area contributed by atoms with E-state index in [0.29, 0.717) is 24.3 Å². The summed E-state index contributed by atoms with van der Waals surface area (Å²) in [6.07, 6.45) is 0.643. The van der Waals surface area contributed by atoms with Gasteiger partial charge in [-0.15, -0.1) is 0 Å². The number of rotatable bonds is 9. The number of Topliss-reactive ketones (excluding diaryl/α,β-unsaturated/α-hetero) is 1. The maximum atomic E-state index is 13.1. The summed E-state index contributed by atoms with van der Waals surface area (Å²) in [5, 5.41) is 11.2. The second kappa shape index (κ2) is 10.6. The molecule has 0 aliphatic carbocycles. The number of nitrogens with zero attached hydrogens (tertiary/aromatic N) is 3. The Bertz CT molecular complexity index is 1220. The molecule has 0 saturated carbocycles. The third-order valence-corrected chi connectivity index (χ3v) is 7.71. The summed E-state index contributed by atoms with van der Waals surface area (Å²) in [4.78, 5) is 29.6. The molecule has 1 aliphatic rings. The standard InChI is InChI=1S/C25H31N3O6S/c1-26(2)15-6-16-28-22(17-7-11-19(34-5)12-8-17)21(24(30)25(28)31)23(29)18-9-13-20(14-10-18)35(32,33)27(3)4/h7-14,22,29H,6,15-16H2,1-5H3/b23-21+. The Morgan fingerprint density at radius 1 is 1.00 bits per heavy atom. The fourth-order valence-electron chi connectivity index (χ4n) is 3.95. The van der Waals surface area contributed by atoms with Crippen LogP contribution in [0.25, 0.3) is 5.76 Å². The largest absolute Gasteiger partial charge is 0.507 e. The highest BCUT2D eigenvalue weighted by atomic mass is 32.2. The number of aliphatic hydroxyl groups excluding tert-OH is 1. The number of aliphatic hydroxyl groups is 1. The van der Waals surface area contributed by atoms with Gasteiger partial charge in [-0.3, -0.25) is 9.59 Å². The van der Waals surface area contributed by atoms with E-state index < -0.39 is 27.8 Å². The molecule has 0 aromatic heterocycles. The Balaban J connectivity index is 2.08. The van der Waals surface area contributed by atoms with Crippen LogP contribution in [-0.2, 0) is 19.6 Å². The average Bonchev–Trinajstić information content (AvgIpc) is 3.08. The number of ketones is 1. The van der Waals surface area contributed by atoms with E-state index in [1.807, 2.05) is 19.0 Å². The summed E-state index contributed by atoms with van der Waals surface area (Å²) >= 11 is 0. The molecule has 1 heterocycles. The number of sulfonamides is 1. The van der Waals surface area contributed by atoms with Gasteiger partial charge < -0.3 is 19.6 Å². The van der Waals surface area contributed by atoms with E-state index in [9.17, 15) is 23.1 Å². The Hall–Kier alpha value is -3.21. The molecular formula is C25H31N3O6S. The second-order valence-corrected chi connectivity index (χ2v) is 10.9. The molecule has 188 valence electrons. The Morgan fingerprint density at radius 2 is 1.60 bits per heavy atom. The van der Waals surface area contributed by atoms with Crippen LogP contribution in [0.1, 0.15) is 23.6 Å². The summed E-state index contributed by atoms with van der Waals surface area (Å²) in [6, 6.07) is 11.8. The molecule has 1 atom stereocenters. The summed E-state index contributed by atoms with van der Waals surface area (Å²) in [6.45, 7) is 1.05. The van der Waals surface area contributed by atoms with Crippen LogP contribution in [-0.4, -0.2) is 87.7 Å². The molecular weight excluding hydrogens is 470 g/mol. The third kappa shape index (κ3) is 5.39. The SMILES string of the molecule is COc1ccc(C2/C(=C(\O)c3ccc(S(=O)(=O)N(C)C)cc3)C(=O)C(=O)N2CCCN(C)C)cc1. The van der Waals surface area contributed by atoms with Gasteiger partial charge in [0.05, 0.1) is 23.6 Å². The van der Waals surface area contributed by atoms with E-state index in [1.165, 1.54) is 43.3 Å². The fourth-order valence-corrected chi connectivity index (χ4v) is 4.85. The van der Waals surface area contributed by atoms with Crippen molar-refractivity contribution in [1.82, 2.24) is 14.1 Å². The molecule has 1 aliphatic heterocycles. The van der Waals surface area contributed by atoms with Crippen LogP contribution in [0.2, 0.25) is 0 Å². The normalized spacial score (nSPS) is 18.0. The smallest absolute Gasteiger partial charge is 0.295 e. The zero-order chi connectivity index (χ0) is 25.9. The predicted octanol–water partition coefficient (Wildman–Crippen LogP) is 2.32. The minimum Gasteiger partial charge on any atom is -0.507 e. The van der Waals surface area contributed by atoms with Crippen molar-refractivity contribution < 1.29 is 27.9 Å². The van der Waals surface area contributed by atoms with E-state index >= 15 is 0 Å². The minimum absolute atomic E-state index is 0.0340. The Labute approximate surface area is 206 Å². The molecule has 0 bridgehead atoms. The van der Waals surface area contributed by atoms with E-state index in [2.05, 4.69) is 0 Å². The van der Waals surface area contributed by atoms with Gasteiger partial charge in [0.15, 0.2) is 0 Å². The van der Waals surface area contributed by atoms with Gasteiger partial charge in [0.2, 0.25) is 10.0 Å². The number of carbonyl (C=O) groups is 2. The monoisotopic (exact) mass is 501 g/mol. The maximum Gasteiger partial charge on any atom is 0.295 e. The molecule has 3 rings (SSSR count). The van der Waals surface area contributed by atoms with Crippen molar-refractivity contribution >= 4 is 27.5 Å². The van der Waals surface area contributed by atoms with Crippen molar-refractivity contribution in [2.45, 2.75) is 17.4 Å². The molecule has 1 amide bonds. The predicted molar refractivity (Wildman–Crippen MR) is 132 cm³/mol. The number of hydrogen-bond donors (Lipinski definition) is 1. The summed E-state index contributed by atoms with van der Waals surface area (Å²) in [5.41, 5.74) is 0.865. The van der Waals surface area contributed by atoms with E-state index in [4.69, 9.17) is 4.74 Å². The van der Waals surface area contributed by atoms with Crippen LogP contribution in [0, 0.1) is 0 Å². The highest BCUT2D eigenvalue weighted by Crippen LogP contribution is 2.40. The zero-order valence-corrected chi connectivity index (χ0v) is 21.4. The number of likely N-dealkylation sites (tertiary alicyclic amines) is 1. The zero-order valence-electron chi connectivity index (χ0n) is 20.6. The molecule has 2 aromatic carbocycles. The second-order valence-electron chi connectivity index (χ2n) is 8.73. The first-order valence-electron chi connectivity index (χ1n) is 11.1. The lowest BCUT2D eigenvalue weighted by atomic mass is 9.95. The number of ether oxygens (including phenoxy) is 1. The molecule has 9 nitrogen and oxygen atoms in total. The Morgan fingerprint density at radius 3 is 2.11 bits per heavy atom. The highest BCUT2D eigenvalue weighted by Gasteiger charge is 2.45. The van der Waals surface area contributed by atoms with E-state index in [0.717, 1.165) is 10.8 Å². The molecule has 1 N–H and O–H groups in total. The number of hydrogen-bond acceptors (Lipinski definition) is 7. The van der Waals surface area contributed by atoms with Crippen LogP contribution in [0.4, 0.5) is 0 Å². The van der Waals surface area contributed by atoms with Gasteiger partial charge in [-0.25, -0.2) is 12.7 Å². The van der Waals surface area contributed by atoms with Gasteiger partial charge in [0.1, 0.15) is 11.5 Å². The van der Waals surface area contributed by atoms with Gasteiger partial charge in [-0.2, -0.15) is 0 Å². The van der Waals surface area contributed by atoms with Crippen LogP contribution in [0.3, 0.4) is 0 Å². The fraction of sp³-hybridized carbons (Fsp3) is 0.360. The molecule has 1 fully saturated rings. The topological polar surface area (TPSA) is 107 Å². The molecule has 1 unspecified atom stereocenters. The lowest BCUT2D eigenvalue weighted by molar-refractivity contribution is -0.139. The molecule has 10 heteroatoms. The lowest BCUT2D eigenvalue weighted by Crippen LogP contribution is -2.32. The van der Waals surface area contributed by atoms with Crippen molar-refractivity contribution in [3.63, 3.8) is 0 Å². The van der Waals surface area contributed by atoms with Crippen molar-refractivity contribution in [1.29, 1.82) is 0 Å². The molecule has 35 heavy (non-hydrogen) atoms. The summed E-state index contributed by atoms with van der Waals surface area (Å²) < 4.78 is 31.1. The number of methoxy groups -OCH3 is 1. The maximum absolute atomic E-state index is 13.1. The van der Waals surface area contributed by atoms with Crippen molar-refractivity contribution in [2.75, 3.05) is 48.4 Å². The van der Waals surface area contributed by atoms with Gasteiger partial charge in [-0.1, -0.05) is 12.1 Å². The number of carbonyl (C=O) groups excluding carboxylic acids is 2. The summed E-state index contributed by atoms with van der Waals surface area (Å²) in [7, 11) is 4.59. The van der Waals surface area contributed by atoms with Crippen LogP contribution in [0.15, 0.2) is 59.0 Å². The molecule has 0 spiro atoms. The van der Waals surface area contributed by atoms with E-state index in [1.54, 1.807) is 31.4 Å². The highest BCUT2D eigenvalue weighted by molar-refractivity contribution is 7.89. The van der Waals surface area contributed by atoms with Crippen LogP contribution >= 0.6 is 0 Å². The first-order chi connectivity index (χ1) is 16.5. The molecule has 0 radical (unpaired) electrons. The van der Waals surface area contributed by atoms with Gasteiger partial charge >= 0.3 is 0 Å². The number of benzene rings is 2. The lowest BCUT2D eigenvalue weighted by Gasteiger charge is -2.26. The summed E-state index contributed by atoms with van der Waals surface area (Å²) in [5.74, 6) is -1.19. The van der Waals surface area contributed by atoms with Gasteiger partial charge in [0, 0.05) is 26.2 Å². The van der Waals surface area contributed by atoms with E-state index in [-0.39, 0.29) is 21.8 Å².